The molecule has 3 aromatic rings. The van der Waals surface area contributed by atoms with Gasteiger partial charge in [0.25, 0.3) is 5.56 Å². The smallest absolute Gasteiger partial charge is 0.250 e. The van der Waals surface area contributed by atoms with Crippen LogP contribution < -0.4 is 5.56 Å². The van der Waals surface area contributed by atoms with Crippen LogP contribution in [0, 0.1) is 13.8 Å². The highest BCUT2D eigenvalue weighted by Gasteiger charge is 2.12. The average molecular weight is 281 g/mol. The van der Waals surface area contributed by atoms with Crippen LogP contribution in [0.4, 0.5) is 0 Å². The fraction of sp³-hybridized carbons (Fsp3) is 0.188. The minimum absolute atomic E-state index is 0.0469. The van der Waals surface area contributed by atoms with E-state index in [0.29, 0.717) is 6.54 Å². The molecule has 0 atom stereocenters. The molecule has 5 nitrogen and oxygen atoms in total. The Kier molecular flexibility index (Phi) is 3.39. The zero-order valence-electron chi connectivity index (χ0n) is 11.9. The Hall–Kier alpha value is -2.69. The minimum Gasteiger partial charge on any atom is -0.361 e. The maximum Gasteiger partial charge on any atom is 0.250 e. The topological polar surface area (TPSA) is 60.9 Å². The summed E-state index contributed by atoms with van der Waals surface area (Å²) < 4.78 is 6.86. The summed E-state index contributed by atoms with van der Waals surface area (Å²) >= 11 is 0. The third kappa shape index (κ3) is 2.63. The highest BCUT2D eigenvalue weighted by atomic mass is 16.5. The molecule has 0 amide bonds. The van der Waals surface area contributed by atoms with Crippen molar-refractivity contribution in [3.63, 3.8) is 0 Å². The third-order valence-electron chi connectivity index (χ3n) is 3.38. The maximum absolute atomic E-state index is 12.0. The van der Waals surface area contributed by atoms with E-state index in [4.69, 9.17) is 4.52 Å². The largest absolute Gasteiger partial charge is 0.361 e. The lowest BCUT2D eigenvalue weighted by Gasteiger charge is -2.08. The Balaban J connectivity index is 2.03. The van der Waals surface area contributed by atoms with Gasteiger partial charge in [-0.1, -0.05) is 11.2 Å². The first-order chi connectivity index (χ1) is 10.1. The quantitative estimate of drug-likeness (QED) is 0.740. The molecule has 3 aromatic heterocycles. The van der Waals surface area contributed by atoms with Gasteiger partial charge in [0.2, 0.25) is 0 Å². The van der Waals surface area contributed by atoms with Gasteiger partial charge < -0.3 is 9.09 Å². The Morgan fingerprint density at radius 2 is 2.10 bits per heavy atom. The fourth-order valence-corrected chi connectivity index (χ4v) is 2.39. The molecule has 0 aliphatic rings. The molecule has 0 fully saturated rings. The lowest BCUT2D eigenvalue weighted by Crippen LogP contribution is -2.19. The molecule has 0 aliphatic carbocycles. The molecule has 0 unspecified atom stereocenters. The summed E-state index contributed by atoms with van der Waals surface area (Å²) in [6.45, 7) is 4.25. The first-order valence-electron chi connectivity index (χ1n) is 6.68. The van der Waals surface area contributed by atoms with E-state index in [1.165, 1.54) is 0 Å². The van der Waals surface area contributed by atoms with Gasteiger partial charge in [0.15, 0.2) is 0 Å². The monoisotopic (exact) mass is 281 g/mol. The van der Waals surface area contributed by atoms with Gasteiger partial charge in [0.05, 0.1) is 12.2 Å². The molecule has 0 radical (unpaired) electrons. The van der Waals surface area contributed by atoms with Crippen molar-refractivity contribution in [2.75, 3.05) is 0 Å². The second-order valence-electron chi connectivity index (χ2n) is 4.94. The number of aromatic nitrogens is 3. The Labute approximate surface area is 121 Å². The van der Waals surface area contributed by atoms with E-state index in [1.54, 1.807) is 29.1 Å². The molecule has 0 aliphatic heterocycles. The molecule has 0 bridgehead atoms. The summed E-state index contributed by atoms with van der Waals surface area (Å²) in [5, 5.41) is 3.96. The highest BCUT2D eigenvalue weighted by Crippen LogP contribution is 2.25. The molecular weight excluding hydrogens is 266 g/mol. The van der Waals surface area contributed by atoms with Gasteiger partial charge in [-0.2, -0.15) is 0 Å². The van der Waals surface area contributed by atoms with Crippen LogP contribution >= 0.6 is 0 Å². The van der Waals surface area contributed by atoms with Crippen molar-refractivity contribution >= 4 is 0 Å². The molecule has 0 saturated carbocycles. The molecule has 0 N–H and O–H groups in total. The van der Waals surface area contributed by atoms with Gasteiger partial charge in [-0.3, -0.25) is 9.78 Å². The van der Waals surface area contributed by atoms with Crippen molar-refractivity contribution in [1.29, 1.82) is 0 Å². The Morgan fingerprint density at radius 1 is 1.24 bits per heavy atom. The molecule has 3 heterocycles. The molecule has 106 valence electrons. The highest BCUT2D eigenvalue weighted by molar-refractivity contribution is 5.66. The van der Waals surface area contributed by atoms with Crippen molar-refractivity contribution in [2.45, 2.75) is 20.4 Å². The van der Waals surface area contributed by atoms with Crippen LogP contribution in [0.5, 0.6) is 0 Å². The molecule has 5 heteroatoms. The van der Waals surface area contributed by atoms with Crippen LogP contribution in [0.25, 0.3) is 11.1 Å². The van der Waals surface area contributed by atoms with E-state index < -0.39 is 0 Å². The number of hydrogen-bond donors (Lipinski definition) is 0. The van der Waals surface area contributed by atoms with E-state index in [-0.39, 0.29) is 5.56 Å². The Bertz CT molecular complexity index is 800. The molecule has 0 saturated heterocycles. The first kappa shape index (κ1) is 13.3. The SMILES string of the molecule is Cc1noc(C)c1-c1ccc(=O)n(Cc2cccnc2)c1. The van der Waals surface area contributed by atoms with E-state index >= 15 is 0 Å². The van der Waals surface area contributed by atoms with Crippen LogP contribution in [0.3, 0.4) is 0 Å². The van der Waals surface area contributed by atoms with Gasteiger partial charge in [-0.05, 0) is 31.5 Å². The molecule has 21 heavy (non-hydrogen) atoms. The van der Waals surface area contributed by atoms with Crippen molar-refractivity contribution < 1.29 is 4.52 Å². The molecule has 0 spiro atoms. The summed E-state index contributed by atoms with van der Waals surface area (Å²) in [6.07, 6.45) is 5.31. The van der Waals surface area contributed by atoms with Crippen LogP contribution in [0.15, 0.2) is 52.2 Å². The fourth-order valence-electron chi connectivity index (χ4n) is 2.39. The van der Waals surface area contributed by atoms with Crippen molar-refractivity contribution in [1.82, 2.24) is 14.7 Å². The summed E-state index contributed by atoms with van der Waals surface area (Å²) in [5.41, 5.74) is 3.62. The van der Waals surface area contributed by atoms with Gasteiger partial charge in [0.1, 0.15) is 5.76 Å². The van der Waals surface area contributed by atoms with Gasteiger partial charge in [-0.25, -0.2) is 0 Å². The maximum atomic E-state index is 12.0. The summed E-state index contributed by atoms with van der Waals surface area (Å²) in [6, 6.07) is 7.17. The standard InChI is InChI=1S/C16H15N3O2/c1-11-16(12(2)21-18-11)14-5-6-15(20)19(10-14)9-13-4-3-7-17-8-13/h3-8,10H,9H2,1-2H3. The minimum atomic E-state index is -0.0469. The van der Waals surface area contributed by atoms with E-state index in [0.717, 1.165) is 28.1 Å². The van der Waals surface area contributed by atoms with Crippen LogP contribution in [0.1, 0.15) is 17.0 Å². The predicted molar refractivity (Wildman–Crippen MR) is 79.0 cm³/mol. The summed E-state index contributed by atoms with van der Waals surface area (Å²) in [5.74, 6) is 0.749. The van der Waals surface area contributed by atoms with Gasteiger partial charge in [0, 0.05) is 35.8 Å². The average Bonchev–Trinajstić information content (AvgIpc) is 2.82. The molecule has 3 rings (SSSR count). The van der Waals surface area contributed by atoms with Gasteiger partial charge in [-0.15, -0.1) is 0 Å². The van der Waals surface area contributed by atoms with Crippen LogP contribution in [-0.4, -0.2) is 14.7 Å². The zero-order chi connectivity index (χ0) is 14.8. The number of rotatable bonds is 3. The van der Waals surface area contributed by atoms with Crippen LogP contribution in [0.2, 0.25) is 0 Å². The molecular formula is C16H15N3O2. The number of pyridine rings is 2. The number of aryl methyl sites for hydroxylation is 2. The third-order valence-corrected chi connectivity index (χ3v) is 3.38. The van der Waals surface area contributed by atoms with E-state index in [9.17, 15) is 4.79 Å². The second-order valence-corrected chi connectivity index (χ2v) is 4.94. The van der Waals surface area contributed by atoms with Crippen LogP contribution in [-0.2, 0) is 6.54 Å². The first-order valence-corrected chi connectivity index (χ1v) is 6.68. The molecule has 0 aromatic carbocycles. The lowest BCUT2D eigenvalue weighted by atomic mass is 10.1. The lowest BCUT2D eigenvalue weighted by molar-refractivity contribution is 0.393. The zero-order valence-corrected chi connectivity index (χ0v) is 11.9. The summed E-state index contributed by atoms with van der Waals surface area (Å²) in [7, 11) is 0. The van der Waals surface area contributed by atoms with E-state index in [2.05, 4.69) is 10.1 Å². The van der Waals surface area contributed by atoms with Crippen molar-refractivity contribution in [3.8, 4) is 11.1 Å². The Morgan fingerprint density at radius 3 is 2.76 bits per heavy atom. The van der Waals surface area contributed by atoms with Gasteiger partial charge >= 0.3 is 0 Å². The number of hydrogen-bond acceptors (Lipinski definition) is 4. The normalized spacial score (nSPS) is 10.8. The predicted octanol–water partition coefficient (Wildman–Crippen LogP) is 2.56. The van der Waals surface area contributed by atoms with Crippen molar-refractivity contribution in [2.24, 2.45) is 0 Å². The van der Waals surface area contributed by atoms with E-state index in [1.807, 2.05) is 32.2 Å². The second kappa shape index (κ2) is 5.36. The number of nitrogens with zero attached hydrogens (tertiary/aromatic N) is 3. The van der Waals surface area contributed by atoms with Crippen molar-refractivity contribution in [3.05, 3.63) is 70.2 Å². The summed E-state index contributed by atoms with van der Waals surface area (Å²) in [4.78, 5) is 16.1.